The SMILES string of the molecule is CNC(C)c1ccccc1-n1ccc(C)n1. The van der Waals surface area contributed by atoms with Gasteiger partial charge in [-0.05, 0) is 38.6 Å². The third kappa shape index (κ3) is 1.99. The van der Waals surface area contributed by atoms with Gasteiger partial charge in [-0.2, -0.15) is 5.10 Å². The maximum absolute atomic E-state index is 4.45. The fourth-order valence-corrected chi connectivity index (χ4v) is 1.77. The first-order valence-electron chi connectivity index (χ1n) is 5.51. The summed E-state index contributed by atoms with van der Waals surface area (Å²) in [5.41, 5.74) is 3.43. The van der Waals surface area contributed by atoms with E-state index in [0.29, 0.717) is 6.04 Å². The molecule has 16 heavy (non-hydrogen) atoms. The van der Waals surface area contributed by atoms with Crippen LogP contribution in [0.5, 0.6) is 0 Å². The molecule has 84 valence electrons. The summed E-state index contributed by atoms with van der Waals surface area (Å²) >= 11 is 0. The molecule has 0 aliphatic rings. The van der Waals surface area contributed by atoms with Gasteiger partial charge in [-0.15, -0.1) is 0 Å². The second-order valence-corrected chi connectivity index (χ2v) is 3.97. The van der Waals surface area contributed by atoms with Crippen molar-refractivity contribution in [2.75, 3.05) is 7.05 Å². The molecule has 1 aromatic heterocycles. The Morgan fingerprint density at radius 3 is 2.62 bits per heavy atom. The van der Waals surface area contributed by atoms with E-state index < -0.39 is 0 Å². The number of benzene rings is 1. The van der Waals surface area contributed by atoms with Crippen LogP contribution in [0.4, 0.5) is 0 Å². The second-order valence-electron chi connectivity index (χ2n) is 3.97. The van der Waals surface area contributed by atoms with Crippen molar-refractivity contribution < 1.29 is 0 Å². The Morgan fingerprint density at radius 2 is 2.00 bits per heavy atom. The normalized spacial score (nSPS) is 12.7. The second kappa shape index (κ2) is 4.49. The van der Waals surface area contributed by atoms with Crippen LogP contribution in [0.2, 0.25) is 0 Å². The Hall–Kier alpha value is -1.61. The van der Waals surface area contributed by atoms with Gasteiger partial charge in [0.15, 0.2) is 0 Å². The van der Waals surface area contributed by atoms with Crippen LogP contribution in [0.1, 0.15) is 24.2 Å². The van der Waals surface area contributed by atoms with E-state index in [-0.39, 0.29) is 0 Å². The minimum Gasteiger partial charge on any atom is -0.313 e. The van der Waals surface area contributed by atoms with Gasteiger partial charge in [0, 0.05) is 12.2 Å². The van der Waals surface area contributed by atoms with Crippen molar-refractivity contribution in [2.45, 2.75) is 19.9 Å². The fraction of sp³-hybridized carbons (Fsp3) is 0.308. The first kappa shape index (κ1) is 10.9. The maximum atomic E-state index is 4.45. The summed E-state index contributed by atoms with van der Waals surface area (Å²) in [7, 11) is 1.97. The van der Waals surface area contributed by atoms with Crippen molar-refractivity contribution in [1.82, 2.24) is 15.1 Å². The van der Waals surface area contributed by atoms with E-state index in [0.717, 1.165) is 11.4 Å². The van der Waals surface area contributed by atoms with E-state index in [1.54, 1.807) is 0 Å². The molecule has 1 unspecified atom stereocenters. The molecular weight excluding hydrogens is 198 g/mol. The van der Waals surface area contributed by atoms with Crippen LogP contribution >= 0.6 is 0 Å². The molecule has 1 heterocycles. The largest absolute Gasteiger partial charge is 0.313 e. The summed E-state index contributed by atoms with van der Waals surface area (Å²) in [6.45, 7) is 4.15. The van der Waals surface area contributed by atoms with Crippen molar-refractivity contribution in [3.63, 3.8) is 0 Å². The minimum absolute atomic E-state index is 0.320. The summed E-state index contributed by atoms with van der Waals surface area (Å²) in [5.74, 6) is 0. The predicted molar refractivity (Wildman–Crippen MR) is 65.8 cm³/mol. The standard InChI is InChI=1S/C13H17N3/c1-10-8-9-16(15-10)13-7-5-4-6-12(13)11(2)14-3/h4-9,11,14H,1-3H3. The Bertz CT molecular complexity index is 474. The third-order valence-electron chi connectivity index (χ3n) is 2.81. The zero-order valence-corrected chi connectivity index (χ0v) is 9.94. The van der Waals surface area contributed by atoms with E-state index in [2.05, 4.69) is 35.5 Å². The first-order chi connectivity index (χ1) is 7.72. The molecule has 1 aromatic carbocycles. The lowest BCUT2D eigenvalue weighted by Gasteiger charge is -2.15. The first-order valence-corrected chi connectivity index (χ1v) is 5.51. The number of para-hydroxylation sites is 1. The molecule has 0 radical (unpaired) electrons. The molecule has 0 bridgehead atoms. The monoisotopic (exact) mass is 215 g/mol. The van der Waals surface area contributed by atoms with E-state index in [9.17, 15) is 0 Å². The van der Waals surface area contributed by atoms with Crippen LogP contribution < -0.4 is 5.32 Å². The number of nitrogens with zero attached hydrogens (tertiary/aromatic N) is 2. The van der Waals surface area contributed by atoms with Crippen LogP contribution in [0.25, 0.3) is 5.69 Å². The molecule has 3 nitrogen and oxygen atoms in total. The van der Waals surface area contributed by atoms with Gasteiger partial charge in [0.2, 0.25) is 0 Å². The molecular formula is C13H17N3. The average Bonchev–Trinajstić information content (AvgIpc) is 2.75. The van der Waals surface area contributed by atoms with Gasteiger partial charge in [-0.1, -0.05) is 18.2 Å². The summed E-state index contributed by atoms with van der Waals surface area (Å²) in [6, 6.07) is 10.7. The molecule has 0 amide bonds. The van der Waals surface area contributed by atoms with Gasteiger partial charge in [0.05, 0.1) is 11.4 Å². The van der Waals surface area contributed by atoms with Crippen LogP contribution in [0.3, 0.4) is 0 Å². The van der Waals surface area contributed by atoms with Crippen molar-refractivity contribution in [3.8, 4) is 5.69 Å². The zero-order valence-electron chi connectivity index (χ0n) is 9.94. The summed E-state index contributed by atoms with van der Waals surface area (Å²) < 4.78 is 1.93. The van der Waals surface area contributed by atoms with E-state index in [4.69, 9.17) is 0 Å². The average molecular weight is 215 g/mol. The highest BCUT2D eigenvalue weighted by molar-refractivity contribution is 5.42. The van der Waals surface area contributed by atoms with Crippen LogP contribution in [0, 0.1) is 6.92 Å². The molecule has 0 aliphatic heterocycles. The molecule has 3 heteroatoms. The van der Waals surface area contributed by atoms with Gasteiger partial charge in [-0.25, -0.2) is 4.68 Å². The molecule has 0 fully saturated rings. The Balaban J connectivity index is 2.48. The molecule has 0 saturated carbocycles. The van der Waals surface area contributed by atoms with Gasteiger partial charge >= 0.3 is 0 Å². The van der Waals surface area contributed by atoms with Gasteiger partial charge in [0.25, 0.3) is 0 Å². The van der Waals surface area contributed by atoms with E-state index in [1.165, 1.54) is 5.56 Å². The molecule has 0 saturated heterocycles. The van der Waals surface area contributed by atoms with Crippen LogP contribution in [-0.4, -0.2) is 16.8 Å². The highest BCUT2D eigenvalue weighted by atomic mass is 15.3. The lowest BCUT2D eigenvalue weighted by atomic mass is 10.1. The third-order valence-corrected chi connectivity index (χ3v) is 2.81. The van der Waals surface area contributed by atoms with Crippen molar-refractivity contribution in [1.29, 1.82) is 0 Å². The topological polar surface area (TPSA) is 29.9 Å². The number of nitrogens with one attached hydrogen (secondary N) is 1. The van der Waals surface area contributed by atoms with Crippen molar-refractivity contribution in [3.05, 3.63) is 47.8 Å². The molecule has 1 atom stereocenters. The van der Waals surface area contributed by atoms with Crippen LogP contribution in [-0.2, 0) is 0 Å². The highest BCUT2D eigenvalue weighted by Gasteiger charge is 2.09. The van der Waals surface area contributed by atoms with Gasteiger partial charge in [0.1, 0.15) is 0 Å². The summed E-state index contributed by atoms with van der Waals surface area (Å²) in [4.78, 5) is 0. The fourth-order valence-electron chi connectivity index (χ4n) is 1.77. The van der Waals surface area contributed by atoms with E-state index >= 15 is 0 Å². The number of aromatic nitrogens is 2. The van der Waals surface area contributed by atoms with Crippen molar-refractivity contribution >= 4 is 0 Å². The molecule has 2 aromatic rings. The lowest BCUT2D eigenvalue weighted by molar-refractivity contribution is 0.644. The number of aryl methyl sites for hydroxylation is 1. The number of rotatable bonds is 3. The molecule has 0 spiro atoms. The smallest absolute Gasteiger partial charge is 0.0693 e. The highest BCUT2D eigenvalue weighted by Crippen LogP contribution is 2.20. The van der Waals surface area contributed by atoms with Gasteiger partial charge < -0.3 is 5.32 Å². The summed E-state index contributed by atoms with van der Waals surface area (Å²) in [6.07, 6.45) is 2.00. The molecule has 0 aliphatic carbocycles. The summed E-state index contributed by atoms with van der Waals surface area (Å²) in [5, 5.41) is 7.70. The Kier molecular flexibility index (Phi) is 3.06. The Morgan fingerprint density at radius 1 is 1.25 bits per heavy atom. The Labute approximate surface area is 96.1 Å². The lowest BCUT2D eigenvalue weighted by Crippen LogP contribution is -2.15. The molecule has 1 N–H and O–H groups in total. The van der Waals surface area contributed by atoms with Gasteiger partial charge in [-0.3, -0.25) is 0 Å². The predicted octanol–water partition coefficient (Wildman–Crippen LogP) is 2.46. The quantitative estimate of drug-likeness (QED) is 0.852. The van der Waals surface area contributed by atoms with Crippen LogP contribution in [0.15, 0.2) is 36.5 Å². The zero-order chi connectivity index (χ0) is 11.5. The maximum Gasteiger partial charge on any atom is 0.0693 e. The van der Waals surface area contributed by atoms with E-state index in [1.807, 2.05) is 37.0 Å². The minimum atomic E-state index is 0.320. The molecule has 2 rings (SSSR count). The number of hydrogen-bond acceptors (Lipinski definition) is 2. The van der Waals surface area contributed by atoms with Crippen molar-refractivity contribution in [2.24, 2.45) is 0 Å². The number of hydrogen-bond donors (Lipinski definition) is 1.